The summed E-state index contributed by atoms with van der Waals surface area (Å²) in [6.45, 7) is -1.83. The molecular formula is C50H61N9O13. The van der Waals surface area contributed by atoms with Crippen molar-refractivity contribution in [3.05, 3.63) is 144 Å². The minimum absolute atomic E-state index is 0.0543. The Kier molecular flexibility index (Phi) is 22.9. The number of nitrogens with one attached hydrogen (secondary N) is 8. The summed E-state index contributed by atoms with van der Waals surface area (Å²) in [7, 11) is 0. The number of nitrogens with two attached hydrogens (primary N) is 1. The molecule has 4 aromatic carbocycles. The van der Waals surface area contributed by atoms with E-state index in [1.807, 2.05) is 0 Å². The SMILES string of the molecule is C[C@@H](O)[C@H](NC(=O)[C@H](Cc1ccccc1)NC(=O)CNC(=O)CNC(=O)[C@H](Cc1ccccc1)NC(=O)[C@H](CO)NC(=O)[C@H](Cc1ccccc1)NC(=O)[C@@H](N)CO)C(=O)N[C@@H](Cc1ccccc1)C(=O)O. The van der Waals surface area contributed by atoms with Gasteiger partial charge in [-0.1, -0.05) is 121 Å². The number of hydrogen-bond donors (Lipinski definition) is 13. The van der Waals surface area contributed by atoms with Crippen molar-refractivity contribution in [3.8, 4) is 0 Å². The zero-order valence-electron chi connectivity index (χ0n) is 39.4. The van der Waals surface area contributed by atoms with E-state index in [-0.39, 0.29) is 25.7 Å². The smallest absolute Gasteiger partial charge is 0.326 e. The number of carboxylic acids is 1. The van der Waals surface area contributed by atoms with E-state index in [1.54, 1.807) is 121 Å². The van der Waals surface area contributed by atoms with Gasteiger partial charge in [-0.25, -0.2) is 4.79 Å². The van der Waals surface area contributed by atoms with Crippen molar-refractivity contribution >= 4 is 53.2 Å². The third-order valence-electron chi connectivity index (χ3n) is 10.9. The van der Waals surface area contributed by atoms with Crippen LogP contribution in [0.5, 0.6) is 0 Å². The van der Waals surface area contributed by atoms with E-state index in [1.165, 1.54) is 6.92 Å². The lowest BCUT2D eigenvalue weighted by atomic mass is 10.0. The van der Waals surface area contributed by atoms with Gasteiger partial charge in [-0.3, -0.25) is 38.4 Å². The van der Waals surface area contributed by atoms with Crippen LogP contribution in [0.3, 0.4) is 0 Å². The molecule has 14 N–H and O–H groups in total. The molecule has 0 aliphatic heterocycles. The maximum absolute atomic E-state index is 13.7. The molecule has 0 aliphatic carbocycles. The van der Waals surface area contributed by atoms with E-state index in [4.69, 9.17) is 5.73 Å². The highest BCUT2D eigenvalue weighted by atomic mass is 16.4. The second-order valence-electron chi connectivity index (χ2n) is 16.7. The van der Waals surface area contributed by atoms with Gasteiger partial charge in [-0.2, -0.15) is 0 Å². The summed E-state index contributed by atoms with van der Waals surface area (Å²) in [4.78, 5) is 119. The molecule has 72 heavy (non-hydrogen) atoms. The van der Waals surface area contributed by atoms with E-state index < -0.39 is 128 Å². The van der Waals surface area contributed by atoms with Crippen molar-refractivity contribution in [1.29, 1.82) is 0 Å². The molecule has 22 nitrogen and oxygen atoms in total. The van der Waals surface area contributed by atoms with Gasteiger partial charge in [0.2, 0.25) is 47.3 Å². The molecule has 0 heterocycles. The summed E-state index contributed by atoms with van der Waals surface area (Å²) < 4.78 is 0. The molecule has 0 aliphatic rings. The van der Waals surface area contributed by atoms with Gasteiger partial charge in [0.25, 0.3) is 0 Å². The molecule has 0 saturated heterocycles. The van der Waals surface area contributed by atoms with E-state index in [9.17, 15) is 63.6 Å². The van der Waals surface area contributed by atoms with Crippen LogP contribution in [-0.2, 0) is 68.8 Å². The molecule has 8 atom stereocenters. The summed E-state index contributed by atoms with van der Waals surface area (Å²) in [6, 6.07) is 23.8. The molecule has 0 aromatic heterocycles. The van der Waals surface area contributed by atoms with Crippen LogP contribution in [0.25, 0.3) is 0 Å². The Hall–Kier alpha value is -8.05. The van der Waals surface area contributed by atoms with Crippen LogP contribution in [0.1, 0.15) is 29.2 Å². The fourth-order valence-corrected chi connectivity index (χ4v) is 7.03. The van der Waals surface area contributed by atoms with E-state index in [0.29, 0.717) is 22.3 Å². The molecule has 0 fully saturated rings. The quantitative estimate of drug-likeness (QED) is 0.0268. The van der Waals surface area contributed by atoms with Crippen molar-refractivity contribution < 1.29 is 63.6 Å². The normalized spacial score (nSPS) is 14.2. The lowest BCUT2D eigenvalue weighted by Crippen LogP contribution is -2.60. The number of rotatable bonds is 28. The average molecular weight is 996 g/mol. The number of hydrogen-bond acceptors (Lipinski definition) is 13. The number of carboxylic acid groups (broad SMARTS) is 1. The maximum Gasteiger partial charge on any atom is 0.326 e. The summed E-state index contributed by atoms with van der Waals surface area (Å²) in [5, 5.41) is 59.2. The third kappa shape index (κ3) is 19.0. The Morgan fingerprint density at radius 2 is 0.792 bits per heavy atom. The van der Waals surface area contributed by atoms with Gasteiger partial charge >= 0.3 is 5.97 Å². The van der Waals surface area contributed by atoms with Crippen LogP contribution in [0.4, 0.5) is 0 Å². The van der Waals surface area contributed by atoms with Gasteiger partial charge < -0.3 is 68.7 Å². The fourth-order valence-electron chi connectivity index (χ4n) is 7.03. The van der Waals surface area contributed by atoms with E-state index in [0.717, 1.165) is 0 Å². The van der Waals surface area contributed by atoms with Crippen molar-refractivity contribution in [2.45, 2.75) is 81.0 Å². The van der Waals surface area contributed by atoms with Crippen molar-refractivity contribution in [2.24, 2.45) is 5.73 Å². The highest BCUT2D eigenvalue weighted by Gasteiger charge is 2.34. The molecule has 4 rings (SSSR count). The molecule has 0 saturated carbocycles. The summed E-state index contributed by atoms with van der Waals surface area (Å²) in [5.41, 5.74) is 8.04. The summed E-state index contributed by atoms with van der Waals surface area (Å²) in [6.07, 6.45) is -1.88. The van der Waals surface area contributed by atoms with Crippen LogP contribution in [0, 0.1) is 0 Å². The van der Waals surface area contributed by atoms with E-state index >= 15 is 0 Å². The standard InChI is InChI=1S/C50H61N9O13/c1-30(62)43(49(70)57-39(50(71)72)25-34-20-12-5-13-21-34)59-47(68)37(23-32-16-8-3-9-17-32)54-42(64)27-52-41(63)26-53-45(66)36(22-31-14-6-2-7-15-31)56-48(69)40(29-61)58-46(67)38(55-44(65)35(51)28-60)24-33-18-10-4-11-19-33/h2-21,30,35-40,43,60-62H,22-29,51H2,1H3,(H,52,63)(H,53,66)(H,54,64)(H,55,65)(H,56,69)(H,57,70)(H,58,67)(H,59,68)(H,71,72)/t30-,35+,36+,37+,38+,39+,40+,43+/m1/s1. The van der Waals surface area contributed by atoms with Gasteiger partial charge in [-0.05, 0) is 29.2 Å². The molecular weight excluding hydrogens is 935 g/mol. The molecule has 22 heteroatoms. The van der Waals surface area contributed by atoms with Gasteiger partial charge in [0.1, 0.15) is 42.3 Å². The Morgan fingerprint density at radius 1 is 0.431 bits per heavy atom. The number of aliphatic hydroxyl groups is 3. The number of carbonyl (C=O) groups is 9. The van der Waals surface area contributed by atoms with Crippen LogP contribution >= 0.6 is 0 Å². The van der Waals surface area contributed by atoms with Crippen LogP contribution in [0.15, 0.2) is 121 Å². The Labute approximate surface area is 414 Å². The predicted molar refractivity (Wildman–Crippen MR) is 260 cm³/mol. The summed E-state index contributed by atoms with van der Waals surface area (Å²) in [5.74, 6) is -8.61. The first kappa shape index (κ1) is 56.5. The predicted octanol–water partition coefficient (Wildman–Crippen LogP) is -3.12. The van der Waals surface area contributed by atoms with Crippen LogP contribution in [0.2, 0.25) is 0 Å². The first-order valence-electron chi connectivity index (χ1n) is 22.9. The molecule has 384 valence electrons. The van der Waals surface area contributed by atoms with Gasteiger partial charge in [0, 0.05) is 25.7 Å². The largest absolute Gasteiger partial charge is 0.480 e. The molecule has 0 spiro atoms. The maximum atomic E-state index is 13.7. The van der Waals surface area contributed by atoms with E-state index in [2.05, 4.69) is 42.5 Å². The van der Waals surface area contributed by atoms with Gasteiger partial charge in [-0.15, -0.1) is 0 Å². The molecule has 0 unspecified atom stereocenters. The van der Waals surface area contributed by atoms with Crippen LogP contribution < -0.4 is 48.3 Å². The number of amides is 8. The monoisotopic (exact) mass is 995 g/mol. The highest BCUT2D eigenvalue weighted by molar-refractivity contribution is 5.97. The number of aliphatic carboxylic acids is 1. The number of benzene rings is 4. The van der Waals surface area contributed by atoms with Crippen molar-refractivity contribution in [3.63, 3.8) is 0 Å². The van der Waals surface area contributed by atoms with Crippen molar-refractivity contribution in [2.75, 3.05) is 26.3 Å². The fraction of sp³-hybridized carbons (Fsp3) is 0.340. The first-order chi connectivity index (χ1) is 34.5. The first-order valence-corrected chi connectivity index (χ1v) is 22.9. The number of carbonyl (C=O) groups excluding carboxylic acids is 8. The zero-order chi connectivity index (χ0) is 52.6. The van der Waals surface area contributed by atoms with Crippen molar-refractivity contribution in [1.82, 2.24) is 42.5 Å². The topological polar surface area (TPSA) is 357 Å². The van der Waals surface area contributed by atoms with Gasteiger partial charge in [0.05, 0.1) is 32.4 Å². The van der Waals surface area contributed by atoms with Crippen LogP contribution in [-0.4, -0.2) is 148 Å². The van der Waals surface area contributed by atoms with Gasteiger partial charge in [0.15, 0.2) is 0 Å². The summed E-state index contributed by atoms with van der Waals surface area (Å²) >= 11 is 0. The lowest BCUT2D eigenvalue weighted by Gasteiger charge is -2.26. The highest BCUT2D eigenvalue weighted by Crippen LogP contribution is 2.09. The minimum Gasteiger partial charge on any atom is -0.480 e. The minimum atomic E-state index is -1.65. The molecule has 0 bridgehead atoms. The zero-order valence-corrected chi connectivity index (χ0v) is 39.4. The average Bonchev–Trinajstić information content (AvgIpc) is 3.37. The second-order valence-corrected chi connectivity index (χ2v) is 16.7. The number of aliphatic hydroxyl groups excluding tert-OH is 3. The Bertz CT molecular complexity index is 2430. The molecule has 4 aromatic rings. The Morgan fingerprint density at radius 3 is 1.22 bits per heavy atom. The molecule has 8 amide bonds. The lowest BCUT2D eigenvalue weighted by molar-refractivity contribution is -0.143. The molecule has 0 radical (unpaired) electrons. The second kappa shape index (κ2) is 29.2. The third-order valence-corrected chi connectivity index (χ3v) is 10.9. The Balaban J connectivity index is 1.39.